The van der Waals surface area contributed by atoms with E-state index < -0.39 is 63.9 Å². The number of likely N-dealkylation sites (N-methyl/N-ethyl adjacent to an activating group) is 1. The highest BCUT2D eigenvalue weighted by atomic mass is 32.2. The molecule has 0 saturated carbocycles. The molecule has 0 aromatic heterocycles. The molecule has 2 fully saturated rings. The molecular weight excluding hydrogens is 640 g/mol. The zero-order chi connectivity index (χ0) is 35.2. The normalized spacial score (nSPS) is 23.0. The topological polar surface area (TPSA) is 175 Å². The molecule has 4 rings (SSSR count). The number of carbonyl (C=O) groups is 5. The van der Waals surface area contributed by atoms with Gasteiger partial charge in [0.15, 0.2) is 6.10 Å². The van der Waals surface area contributed by atoms with E-state index in [9.17, 15) is 32.4 Å². The average molecular weight is 685 g/mol. The van der Waals surface area contributed by atoms with Crippen molar-refractivity contribution in [3.05, 3.63) is 65.7 Å². The van der Waals surface area contributed by atoms with Crippen LogP contribution >= 0.6 is 0 Å². The number of hydrogen-bond donors (Lipinski definition) is 3. The van der Waals surface area contributed by atoms with E-state index in [4.69, 9.17) is 4.74 Å². The van der Waals surface area contributed by atoms with Crippen molar-refractivity contribution in [2.45, 2.75) is 51.0 Å². The average Bonchev–Trinajstić information content (AvgIpc) is 3.04. The second-order valence-corrected chi connectivity index (χ2v) is 14.7. The highest BCUT2D eigenvalue weighted by Gasteiger charge is 2.38. The molecule has 2 aliphatic heterocycles. The highest BCUT2D eigenvalue weighted by Crippen LogP contribution is 2.20. The Bertz CT molecular complexity index is 1600. The number of sulfonamides is 1. The third kappa shape index (κ3) is 9.53. The fourth-order valence-electron chi connectivity index (χ4n) is 5.60. The summed E-state index contributed by atoms with van der Waals surface area (Å²) in [6.07, 6.45) is -0.434. The largest absolute Gasteiger partial charge is 0.360 e. The Morgan fingerprint density at radius 3 is 2.25 bits per heavy atom. The van der Waals surface area contributed by atoms with Crippen molar-refractivity contribution in [3.8, 4) is 0 Å². The minimum Gasteiger partial charge on any atom is -0.360 e. The lowest BCUT2D eigenvalue weighted by Crippen LogP contribution is -2.59. The Morgan fingerprint density at radius 2 is 1.62 bits per heavy atom. The van der Waals surface area contributed by atoms with Crippen LogP contribution in [0.4, 0.5) is 5.69 Å². The van der Waals surface area contributed by atoms with E-state index in [1.165, 1.54) is 48.2 Å². The number of benzene rings is 2. The molecule has 2 aliphatic rings. The highest BCUT2D eigenvalue weighted by molar-refractivity contribution is 7.92. The third-order valence-electron chi connectivity index (χ3n) is 8.24. The van der Waals surface area contributed by atoms with Crippen LogP contribution < -0.4 is 20.3 Å². The molecule has 2 saturated heterocycles. The SMILES string of the molecule is CC(C)C[C@@H]1NC(=O)CN(C)C(=O)[C@@H](Cc2ccccc2)NC(=O)[C@H]2CN(C(=O)c3ccc(N(C)S(C)(=O)=O)cc3)C[C@@H](CNC1=O)O2. The van der Waals surface area contributed by atoms with Crippen LogP contribution in [0, 0.1) is 5.92 Å². The number of nitrogens with zero attached hydrogens (tertiary/aromatic N) is 3. The first kappa shape index (κ1) is 36.3. The van der Waals surface area contributed by atoms with Gasteiger partial charge in [0.25, 0.3) is 11.8 Å². The summed E-state index contributed by atoms with van der Waals surface area (Å²) >= 11 is 0. The van der Waals surface area contributed by atoms with Gasteiger partial charge in [-0.05, 0) is 42.2 Å². The van der Waals surface area contributed by atoms with Gasteiger partial charge in [0.05, 0.1) is 31.1 Å². The lowest BCUT2D eigenvalue weighted by molar-refractivity contribution is -0.148. The van der Waals surface area contributed by atoms with Gasteiger partial charge in [-0.3, -0.25) is 28.3 Å². The molecular formula is C33H44N6O8S. The summed E-state index contributed by atoms with van der Waals surface area (Å²) < 4.78 is 31.1. The van der Waals surface area contributed by atoms with Crippen LogP contribution in [0.2, 0.25) is 0 Å². The molecule has 0 radical (unpaired) electrons. The maximum atomic E-state index is 13.8. The van der Waals surface area contributed by atoms with Crippen LogP contribution in [0.15, 0.2) is 54.6 Å². The van der Waals surface area contributed by atoms with Crippen molar-refractivity contribution in [3.63, 3.8) is 0 Å². The number of amides is 5. The van der Waals surface area contributed by atoms with Gasteiger partial charge >= 0.3 is 0 Å². The molecule has 0 aliphatic carbocycles. The van der Waals surface area contributed by atoms with E-state index >= 15 is 0 Å². The second kappa shape index (κ2) is 15.6. The fraction of sp³-hybridized carbons (Fsp3) is 0.485. The predicted octanol–water partition coefficient (Wildman–Crippen LogP) is 0.139. The molecule has 48 heavy (non-hydrogen) atoms. The van der Waals surface area contributed by atoms with Gasteiger partial charge in [0, 0.05) is 39.2 Å². The van der Waals surface area contributed by atoms with Crippen LogP contribution in [0.3, 0.4) is 0 Å². The minimum absolute atomic E-state index is 0.0319. The first-order valence-electron chi connectivity index (χ1n) is 15.8. The Balaban J connectivity index is 1.64. The van der Waals surface area contributed by atoms with Crippen molar-refractivity contribution in [1.29, 1.82) is 0 Å². The molecule has 4 atom stereocenters. The molecule has 14 nitrogen and oxygen atoms in total. The van der Waals surface area contributed by atoms with Gasteiger partial charge in [-0.15, -0.1) is 0 Å². The zero-order valence-electron chi connectivity index (χ0n) is 27.8. The summed E-state index contributed by atoms with van der Waals surface area (Å²) in [5.74, 6) is -2.49. The standard InChI is InChI=1S/C33H44N6O8S/c1-21(2)15-26-30(41)34-17-25-18-39(32(43)23-11-13-24(14-12-23)38(4)48(5,45)46)19-28(47-25)31(42)36-27(16-22-9-7-6-8-10-22)33(44)37(3)20-29(40)35-26/h6-14,21,25-28H,15-20H2,1-5H3,(H,34,41)(H,35,40)(H,36,42)/t25-,26+,27-,28-/m1/s1. The van der Waals surface area contributed by atoms with Crippen LogP contribution in [0.25, 0.3) is 0 Å². The molecule has 2 heterocycles. The summed E-state index contributed by atoms with van der Waals surface area (Å²) in [6.45, 7) is 3.34. The first-order valence-corrected chi connectivity index (χ1v) is 17.6. The van der Waals surface area contributed by atoms with Gasteiger partial charge in [-0.25, -0.2) is 8.42 Å². The molecule has 0 spiro atoms. The van der Waals surface area contributed by atoms with E-state index in [1.807, 2.05) is 44.2 Å². The zero-order valence-corrected chi connectivity index (χ0v) is 28.7. The number of rotatable bonds is 7. The molecule has 2 aromatic carbocycles. The number of hydrogen-bond acceptors (Lipinski definition) is 8. The Hall–Kier alpha value is -4.50. The van der Waals surface area contributed by atoms with Gasteiger partial charge in [-0.1, -0.05) is 44.2 Å². The lowest BCUT2D eigenvalue weighted by atomic mass is 10.0. The maximum Gasteiger partial charge on any atom is 0.254 e. The van der Waals surface area contributed by atoms with Crippen molar-refractivity contribution < 1.29 is 37.1 Å². The summed E-state index contributed by atoms with van der Waals surface area (Å²) in [5.41, 5.74) is 1.41. The Labute approximate surface area is 281 Å². The molecule has 0 unspecified atom stereocenters. The van der Waals surface area contributed by atoms with Crippen LogP contribution in [-0.2, 0) is 40.4 Å². The number of carbonyl (C=O) groups excluding carboxylic acids is 5. The molecule has 15 heteroatoms. The van der Waals surface area contributed by atoms with Crippen molar-refractivity contribution >= 4 is 45.2 Å². The van der Waals surface area contributed by atoms with Crippen molar-refractivity contribution in [2.75, 3.05) is 50.8 Å². The molecule has 3 N–H and O–H groups in total. The number of fused-ring (bicyclic) bond motifs is 2. The molecule has 2 bridgehead atoms. The van der Waals surface area contributed by atoms with Gasteiger partial charge in [-0.2, -0.15) is 0 Å². The van der Waals surface area contributed by atoms with E-state index in [2.05, 4.69) is 16.0 Å². The number of morpholine rings is 1. The van der Waals surface area contributed by atoms with E-state index in [1.54, 1.807) is 0 Å². The van der Waals surface area contributed by atoms with Gasteiger partial charge in [0.2, 0.25) is 27.7 Å². The van der Waals surface area contributed by atoms with Crippen LogP contribution in [-0.4, -0.2) is 119 Å². The van der Waals surface area contributed by atoms with E-state index in [0.29, 0.717) is 12.1 Å². The van der Waals surface area contributed by atoms with Crippen molar-refractivity contribution in [1.82, 2.24) is 25.8 Å². The van der Waals surface area contributed by atoms with E-state index in [0.717, 1.165) is 16.1 Å². The predicted molar refractivity (Wildman–Crippen MR) is 178 cm³/mol. The summed E-state index contributed by atoms with van der Waals surface area (Å²) in [4.78, 5) is 70.1. The lowest BCUT2D eigenvalue weighted by Gasteiger charge is -2.38. The summed E-state index contributed by atoms with van der Waals surface area (Å²) in [7, 11) is -0.653. The van der Waals surface area contributed by atoms with Crippen LogP contribution in [0.5, 0.6) is 0 Å². The fourth-order valence-corrected chi connectivity index (χ4v) is 6.11. The van der Waals surface area contributed by atoms with E-state index in [-0.39, 0.29) is 44.1 Å². The Kier molecular flexibility index (Phi) is 11.8. The Morgan fingerprint density at radius 1 is 0.958 bits per heavy atom. The monoisotopic (exact) mass is 684 g/mol. The number of anilines is 1. The minimum atomic E-state index is -3.51. The van der Waals surface area contributed by atoms with Crippen LogP contribution in [0.1, 0.15) is 36.2 Å². The molecule has 5 amide bonds. The molecule has 260 valence electrons. The van der Waals surface area contributed by atoms with Gasteiger partial charge < -0.3 is 30.5 Å². The third-order valence-corrected chi connectivity index (χ3v) is 9.44. The smallest absolute Gasteiger partial charge is 0.254 e. The number of ether oxygens (including phenoxy) is 1. The second-order valence-electron chi connectivity index (χ2n) is 12.7. The number of nitrogens with one attached hydrogen (secondary N) is 3. The van der Waals surface area contributed by atoms with Gasteiger partial charge in [0.1, 0.15) is 12.1 Å². The van der Waals surface area contributed by atoms with Crippen molar-refractivity contribution in [2.24, 2.45) is 5.92 Å². The summed E-state index contributed by atoms with van der Waals surface area (Å²) in [5, 5.41) is 8.33. The maximum absolute atomic E-state index is 13.8. The first-order chi connectivity index (χ1) is 22.6. The summed E-state index contributed by atoms with van der Waals surface area (Å²) in [6, 6.07) is 13.2. The molecule has 2 aromatic rings. The quantitative estimate of drug-likeness (QED) is 0.369.